The molecule has 0 saturated carbocycles. The molecular formula is C13H14N4O3. The minimum atomic E-state index is -0.949. The molecule has 2 aromatic rings. The number of nitrogens with zero attached hydrogens (tertiary/aromatic N) is 2. The van der Waals surface area contributed by atoms with Gasteiger partial charge in [-0.1, -0.05) is 0 Å². The lowest BCUT2D eigenvalue weighted by Crippen LogP contribution is -2.24. The molecule has 0 spiro atoms. The number of aryl methyl sites for hydroxylation is 1. The Hall–Kier alpha value is -2.83. The zero-order valence-electron chi connectivity index (χ0n) is 10.6. The molecular weight excluding hydrogens is 260 g/mol. The lowest BCUT2D eigenvalue weighted by Gasteiger charge is -2.03. The molecule has 0 fully saturated rings. The predicted molar refractivity (Wildman–Crippen MR) is 73.3 cm³/mol. The molecule has 2 rings (SSSR count). The number of nitrogens with two attached hydrogens (primary N) is 1. The Morgan fingerprint density at radius 1 is 1.25 bits per heavy atom. The van der Waals surface area contributed by atoms with Crippen LogP contribution in [0, 0.1) is 5.41 Å². The van der Waals surface area contributed by atoms with Crippen molar-refractivity contribution in [2.45, 2.75) is 13.0 Å². The van der Waals surface area contributed by atoms with E-state index in [1.807, 2.05) is 0 Å². The smallest absolute Gasteiger partial charge is 0.332 e. The average Bonchev–Trinajstić information content (AvgIpc) is 2.78. The van der Waals surface area contributed by atoms with Gasteiger partial charge in [-0.25, -0.2) is 4.79 Å². The quantitative estimate of drug-likeness (QED) is 0.540. The number of carboxylic acids is 1. The summed E-state index contributed by atoms with van der Waals surface area (Å²) in [5, 5.41) is 15.9. The molecule has 4 N–H and O–H groups in total. The van der Waals surface area contributed by atoms with Gasteiger partial charge >= 0.3 is 11.7 Å². The summed E-state index contributed by atoms with van der Waals surface area (Å²) in [6.45, 7) is 0.132. The summed E-state index contributed by atoms with van der Waals surface area (Å²) in [5.74, 6) is -0.988. The molecule has 104 valence electrons. The molecule has 0 unspecified atom stereocenters. The van der Waals surface area contributed by atoms with Crippen molar-refractivity contribution in [1.29, 1.82) is 5.41 Å². The standard InChI is InChI=1S/C13H14N4O3/c14-12(15)9-1-3-10(4-2-9)17-8-7-16(13(17)20)6-5-11(18)19/h1-4,7-8H,5-6H2,(H3,14,15)(H,18,19). The number of nitrogens with one attached hydrogen (secondary N) is 1. The zero-order valence-corrected chi connectivity index (χ0v) is 10.6. The van der Waals surface area contributed by atoms with Gasteiger partial charge in [0.15, 0.2) is 0 Å². The van der Waals surface area contributed by atoms with Gasteiger partial charge in [0.2, 0.25) is 0 Å². The van der Waals surface area contributed by atoms with E-state index in [2.05, 4.69) is 0 Å². The van der Waals surface area contributed by atoms with Crippen molar-refractivity contribution in [3.05, 3.63) is 52.7 Å². The van der Waals surface area contributed by atoms with Gasteiger partial charge in [-0.3, -0.25) is 19.3 Å². The lowest BCUT2D eigenvalue weighted by molar-refractivity contribution is -0.137. The second-order valence-corrected chi connectivity index (χ2v) is 4.25. The minimum absolute atomic E-state index is 0.0390. The number of benzene rings is 1. The van der Waals surface area contributed by atoms with Gasteiger partial charge in [0.1, 0.15) is 5.84 Å². The molecule has 0 atom stereocenters. The summed E-state index contributed by atoms with van der Waals surface area (Å²) in [5.41, 5.74) is 6.27. The third-order valence-corrected chi connectivity index (χ3v) is 2.87. The highest BCUT2D eigenvalue weighted by Crippen LogP contribution is 2.07. The molecule has 0 saturated heterocycles. The number of carboxylic acid groups (broad SMARTS) is 1. The van der Waals surface area contributed by atoms with Crippen molar-refractivity contribution in [2.24, 2.45) is 5.73 Å². The van der Waals surface area contributed by atoms with Gasteiger partial charge in [0.25, 0.3) is 0 Å². The number of aliphatic carboxylic acids is 1. The first kappa shape index (κ1) is 13.6. The number of aromatic nitrogens is 2. The van der Waals surface area contributed by atoms with E-state index >= 15 is 0 Å². The number of hydrogen-bond donors (Lipinski definition) is 3. The van der Waals surface area contributed by atoms with Gasteiger partial charge in [-0.15, -0.1) is 0 Å². The Labute approximate surface area is 114 Å². The molecule has 0 aliphatic heterocycles. The highest BCUT2D eigenvalue weighted by Gasteiger charge is 2.07. The van der Waals surface area contributed by atoms with Crippen molar-refractivity contribution >= 4 is 11.8 Å². The minimum Gasteiger partial charge on any atom is -0.481 e. The maximum absolute atomic E-state index is 12.1. The van der Waals surface area contributed by atoms with Crippen molar-refractivity contribution in [3.63, 3.8) is 0 Å². The summed E-state index contributed by atoms with van der Waals surface area (Å²) in [6.07, 6.45) is 3.02. The molecule has 1 aromatic heterocycles. The van der Waals surface area contributed by atoms with Crippen LogP contribution in [0.15, 0.2) is 41.5 Å². The molecule has 0 radical (unpaired) electrons. The van der Waals surface area contributed by atoms with Gasteiger partial charge in [-0.05, 0) is 24.3 Å². The largest absolute Gasteiger partial charge is 0.481 e. The number of rotatable bonds is 5. The molecule has 0 aliphatic rings. The van der Waals surface area contributed by atoms with E-state index in [1.54, 1.807) is 36.7 Å². The number of hydrogen-bond acceptors (Lipinski definition) is 3. The normalized spacial score (nSPS) is 10.4. The van der Waals surface area contributed by atoms with E-state index in [0.717, 1.165) is 0 Å². The highest BCUT2D eigenvalue weighted by atomic mass is 16.4. The summed E-state index contributed by atoms with van der Waals surface area (Å²) in [7, 11) is 0. The SMILES string of the molecule is N=C(N)c1ccc(-n2ccn(CCC(=O)O)c2=O)cc1. The Morgan fingerprint density at radius 2 is 1.90 bits per heavy atom. The first-order valence-corrected chi connectivity index (χ1v) is 5.93. The fourth-order valence-electron chi connectivity index (χ4n) is 1.80. The second kappa shape index (κ2) is 5.43. The van der Waals surface area contributed by atoms with Crippen LogP contribution < -0.4 is 11.4 Å². The molecule has 1 heterocycles. The van der Waals surface area contributed by atoms with E-state index in [-0.39, 0.29) is 24.5 Å². The van der Waals surface area contributed by atoms with Gasteiger partial charge < -0.3 is 10.8 Å². The Kier molecular flexibility index (Phi) is 3.69. The summed E-state index contributed by atoms with van der Waals surface area (Å²) >= 11 is 0. The summed E-state index contributed by atoms with van der Waals surface area (Å²) < 4.78 is 2.75. The van der Waals surface area contributed by atoms with Gasteiger partial charge in [0.05, 0.1) is 12.1 Å². The van der Waals surface area contributed by atoms with E-state index in [1.165, 1.54) is 9.13 Å². The average molecular weight is 274 g/mol. The van der Waals surface area contributed by atoms with E-state index in [9.17, 15) is 9.59 Å². The molecule has 20 heavy (non-hydrogen) atoms. The topological polar surface area (TPSA) is 114 Å². The fourth-order valence-corrected chi connectivity index (χ4v) is 1.80. The maximum atomic E-state index is 12.1. The van der Waals surface area contributed by atoms with Crippen molar-refractivity contribution in [1.82, 2.24) is 9.13 Å². The molecule has 7 heteroatoms. The number of amidine groups is 1. The molecule has 0 bridgehead atoms. The van der Waals surface area contributed by atoms with E-state index < -0.39 is 5.97 Å². The Morgan fingerprint density at radius 3 is 2.45 bits per heavy atom. The molecule has 0 amide bonds. The van der Waals surface area contributed by atoms with Crippen LogP contribution in [-0.4, -0.2) is 26.0 Å². The number of nitrogen functional groups attached to an aromatic ring is 1. The molecule has 7 nitrogen and oxygen atoms in total. The van der Waals surface area contributed by atoms with Gasteiger partial charge in [-0.2, -0.15) is 0 Å². The van der Waals surface area contributed by atoms with Crippen molar-refractivity contribution < 1.29 is 9.90 Å². The lowest BCUT2D eigenvalue weighted by atomic mass is 10.2. The Bertz CT molecular complexity index is 697. The number of carbonyl (C=O) groups is 1. The van der Waals surface area contributed by atoms with Crippen LogP contribution in [0.1, 0.15) is 12.0 Å². The predicted octanol–water partition coefficient (Wildman–Crippen LogP) is 0.398. The number of imidazole rings is 1. The highest BCUT2D eigenvalue weighted by molar-refractivity contribution is 5.95. The monoisotopic (exact) mass is 274 g/mol. The first-order valence-electron chi connectivity index (χ1n) is 5.93. The van der Waals surface area contributed by atoms with E-state index in [4.69, 9.17) is 16.2 Å². The summed E-state index contributed by atoms with van der Waals surface area (Å²) in [6, 6.07) is 6.66. The van der Waals surface area contributed by atoms with Crippen molar-refractivity contribution in [3.8, 4) is 5.69 Å². The van der Waals surface area contributed by atoms with Crippen LogP contribution in [0.2, 0.25) is 0 Å². The molecule has 0 aliphatic carbocycles. The third-order valence-electron chi connectivity index (χ3n) is 2.87. The maximum Gasteiger partial charge on any atom is 0.332 e. The van der Waals surface area contributed by atoms with Gasteiger partial charge in [0, 0.05) is 24.5 Å². The van der Waals surface area contributed by atoms with Crippen LogP contribution in [0.3, 0.4) is 0 Å². The van der Waals surface area contributed by atoms with E-state index in [0.29, 0.717) is 11.3 Å². The zero-order chi connectivity index (χ0) is 14.7. The van der Waals surface area contributed by atoms with Crippen LogP contribution in [0.5, 0.6) is 0 Å². The van der Waals surface area contributed by atoms with Crippen molar-refractivity contribution in [2.75, 3.05) is 0 Å². The Balaban J connectivity index is 2.27. The fraction of sp³-hybridized carbons (Fsp3) is 0.154. The molecule has 1 aromatic carbocycles. The second-order valence-electron chi connectivity index (χ2n) is 4.25. The van der Waals surface area contributed by atoms with Crippen LogP contribution >= 0.6 is 0 Å². The first-order chi connectivity index (χ1) is 9.49. The van der Waals surface area contributed by atoms with Crippen LogP contribution in [0.25, 0.3) is 5.69 Å². The van der Waals surface area contributed by atoms with Crippen LogP contribution in [-0.2, 0) is 11.3 Å². The summed E-state index contributed by atoms with van der Waals surface area (Å²) in [4.78, 5) is 22.6. The third kappa shape index (κ3) is 2.77. The van der Waals surface area contributed by atoms with Crippen LogP contribution in [0.4, 0.5) is 0 Å².